The topological polar surface area (TPSA) is 95.4 Å². The molecule has 0 saturated carbocycles. The van der Waals surface area contributed by atoms with Crippen molar-refractivity contribution < 1.29 is 0 Å². The fraction of sp³-hybridized carbons (Fsp3) is 0.625. The van der Waals surface area contributed by atoms with Gasteiger partial charge in [0.1, 0.15) is 0 Å². The van der Waals surface area contributed by atoms with Gasteiger partial charge in [0, 0.05) is 6.42 Å². The first-order valence-electron chi connectivity index (χ1n) is 3.98. The van der Waals surface area contributed by atoms with E-state index in [1.165, 1.54) is 0 Å². The first-order chi connectivity index (χ1) is 6.30. The van der Waals surface area contributed by atoms with E-state index >= 15 is 0 Å². The van der Waals surface area contributed by atoms with E-state index in [-0.39, 0.29) is 24.7 Å². The number of hydrogen-bond donors (Lipinski definition) is 2. The maximum absolute atomic E-state index is 8.66. The van der Waals surface area contributed by atoms with E-state index in [9.17, 15) is 0 Å². The van der Waals surface area contributed by atoms with Gasteiger partial charge in [-0.3, -0.25) is 10.6 Å². The quantitative estimate of drug-likeness (QED) is 0.565. The van der Waals surface area contributed by atoms with Gasteiger partial charge in [0.15, 0.2) is 0 Å². The third-order valence-electron chi connectivity index (χ3n) is 1.88. The van der Waals surface area contributed by atoms with Crippen LogP contribution in [0.2, 0.25) is 0 Å². The van der Waals surface area contributed by atoms with Gasteiger partial charge in [0.05, 0.1) is 42.9 Å². The Morgan fingerprint density at radius 3 is 2.00 bits per heavy atom. The highest BCUT2D eigenvalue weighted by Crippen LogP contribution is 2.06. The standard InChI is InChI=1S/C8H9N5/c9-2-1-8-12-6(4-10)3-7(5-11)13-8/h6-8,12-13H,1,3H2. The van der Waals surface area contributed by atoms with E-state index in [0.29, 0.717) is 6.42 Å². The highest BCUT2D eigenvalue weighted by molar-refractivity contribution is 5.06. The van der Waals surface area contributed by atoms with Crippen LogP contribution in [0.3, 0.4) is 0 Å². The lowest BCUT2D eigenvalue weighted by Crippen LogP contribution is -2.57. The zero-order chi connectivity index (χ0) is 9.68. The van der Waals surface area contributed by atoms with Crippen molar-refractivity contribution in [3.8, 4) is 18.2 Å². The largest absolute Gasteiger partial charge is 0.286 e. The average Bonchev–Trinajstić information content (AvgIpc) is 2.17. The van der Waals surface area contributed by atoms with E-state index < -0.39 is 0 Å². The van der Waals surface area contributed by atoms with Crippen molar-refractivity contribution in [3.05, 3.63) is 0 Å². The molecule has 1 rings (SSSR count). The molecule has 1 fully saturated rings. The molecule has 0 spiro atoms. The van der Waals surface area contributed by atoms with Crippen LogP contribution in [0.1, 0.15) is 12.8 Å². The molecule has 0 aromatic carbocycles. The number of nitriles is 3. The first kappa shape index (κ1) is 9.48. The van der Waals surface area contributed by atoms with E-state index in [0.717, 1.165) is 0 Å². The Hall–Kier alpha value is -1.61. The van der Waals surface area contributed by atoms with Crippen LogP contribution in [-0.4, -0.2) is 18.2 Å². The van der Waals surface area contributed by atoms with Gasteiger partial charge >= 0.3 is 0 Å². The molecular formula is C8H9N5. The molecule has 5 nitrogen and oxygen atoms in total. The zero-order valence-corrected chi connectivity index (χ0v) is 6.99. The van der Waals surface area contributed by atoms with Gasteiger partial charge in [-0.25, -0.2) is 0 Å². The van der Waals surface area contributed by atoms with E-state index in [1.807, 2.05) is 18.2 Å². The summed E-state index contributed by atoms with van der Waals surface area (Å²) in [6, 6.07) is 5.41. The van der Waals surface area contributed by atoms with Gasteiger partial charge in [-0.1, -0.05) is 0 Å². The molecule has 66 valence electrons. The van der Waals surface area contributed by atoms with Crippen molar-refractivity contribution in [2.24, 2.45) is 0 Å². The van der Waals surface area contributed by atoms with E-state index in [1.54, 1.807) is 0 Å². The van der Waals surface area contributed by atoms with Gasteiger partial charge in [0.25, 0.3) is 0 Å². The summed E-state index contributed by atoms with van der Waals surface area (Å²) in [7, 11) is 0. The third kappa shape index (κ3) is 2.42. The minimum absolute atomic E-state index is 0.243. The summed E-state index contributed by atoms with van der Waals surface area (Å²) in [4.78, 5) is 0. The molecular weight excluding hydrogens is 166 g/mol. The Morgan fingerprint density at radius 2 is 1.62 bits per heavy atom. The van der Waals surface area contributed by atoms with Gasteiger partial charge in [-0.15, -0.1) is 0 Å². The highest BCUT2D eigenvalue weighted by Gasteiger charge is 2.26. The number of nitrogens with one attached hydrogen (secondary N) is 2. The van der Waals surface area contributed by atoms with Gasteiger partial charge in [-0.2, -0.15) is 15.8 Å². The molecule has 0 aromatic rings. The number of hydrogen-bond acceptors (Lipinski definition) is 5. The molecule has 2 N–H and O–H groups in total. The van der Waals surface area contributed by atoms with Crippen LogP contribution < -0.4 is 10.6 Å². The zero-order valence-electron chi connectivity index (χ0n) is 6.99. The van der Waals surface area contributed by atoms with E-state index in [4.69, 9.17) is 15.8 Å². The average molecular weight is 175 g/mol. The van der Waals surface area contributed by atoms with Gasteiger partial charge < -0.3 is 0 Å². The molecule has 1 heterocycles. The van der Waals surface area contributed by atoms with Crippen LogP contribution in [-0.2, 0) is 0 Å². The molecule has 1 aliphatic heterocycles. The normalized spacial score (nSPS) is 32.5. The van der Waals surface area contributed by atoms with Crippen molar-refractivity contribution in [1.82, 2.24) is 10.6 Å². The molecule has 0 aromatic heterocycles. The van der Waals surface area contributed by atoms with Crippen LogP contribution in [0.5, 0.6) is 0 Å². The smallest absolute Gasteiger partial charge is 0.0990 e. The lowest BCUT2D eigenvalue weighted by atomic mass is 10.0. The maximum atomic E-state index is 8.66. The Bertz CT molecular complexity index is 269. The molecule has 1 aliphatic rings. The predicted octanol–water partition coefficient (Wildman–Crippen LogP) is -0.407. The molecule has 0 bridgehead atoms. The van der Waals surface area contributed by atoms with Crippen molar-refractivity contribution in [1.29, 1.82) is 15.8 Å². The van der Waals surface area contributed by atoms with Crippen molar-refractivity contribution in [2.45, 2.75) is 31.1 Å². The molecule has 0 amide bonds. The van der Waals surface area contributed by atoms with E-state index in [2.05, 4.69) is 10.6 Å². The summed E-state index contributed by atoms with van der Waals surface area (Å²) >= 11 is 0. The summed E-state index contributed by atoms with van der Waals surface area (Å²) in [6.07, 6.45) is 0.485. The predicted molar refractivity (Wildman–Crippen MR) is 43.7 cm³/mol. The second kappa shape index (κ2) is 4.42. The molecule has 2 atom stereocenters. The SMILES string of the molecule is N#CCC1NC(C#N)CC(C#N)N1. The summed E-state index contributed by atoms with van der Waals surface area (Å²) in [5.74, 6) is 0. The first-order valence-corrected chi connectivity index (χ1v) is 3.98. The fourth-order valence-electron chi connectivity index (χ4n) is 1.29. The highest BCUT2D eigenvalue weighted by atomic mass is 15.2. The molecule has 0 radical (unpaired) electrons. The number of rotatable bonds is 1. The van der Waals surface area contributed by atoms with Crippen molar-refractivity contribution >= 4 is 0 Å². The van der Waals surface area contributed by atoms with Gasteiger partial charge in [0.2, 0.25) is 0 Å². The van der Waals surface area contributed by atoms with Crippen LogP contribution in [0.4, 0.5) is 0 Å². The summed E-state index contributed by atoms with van der Waals surface area (Å²) in [5.41, 5.74) is 0. The minimum Gasteiger partial charge on any atom is -0.286 e. The fourth-order valence-corrected chi connectivity index (χ4v) is 1.29. The maximum Gasteiger partial charge on any atom is 0.0990 e. The van der Waals surface area contributed by atoms with Crippen LogP contribution in [0.25, 0.3) is 0 Å². The third-order valence-corrected chi connectivity index (χ3v) is 1.88. The lowest BCUT2D eigenvalue weighted by molar-refractivity contribution is 0.304. The lowest BCUT2D eigenvalue weighted by Gasteiger charge is -2.30. The van der Waals surface area contributed by atoms with Crippen LogP contribution >= 0.6 is 0 Å². The van der Waals surface area contributed by atoms with Crippen molar-refractivity contribution in [3.63, 3.8) is 0 Å². The molecule has 5 heteroatoms. The summed E-state index contributed by atoms with van der Waals surface area (Å²) < 4.78 is 0. The molecule has 1 saturated heterocycles. The number of nitrogens with zero attached hydrogens (tertiary/aromatic N) is 3. The van der Waals surface area contributed by atoms with Crippen molar-refractivity contribution in [2.75, 3.05) is 0 Å². The van der Waals surface area contributed by atoms with Gasteiger partial charge in [-0.05, 0) is 0 Å². The second-order valence-corrected chi connectivity index (χ2v) is 2.85. The monoisotopic (exact) mass is 175 g/mol. The summed E-state index contributed by atoms with van der Waals surface area (Å²) in [5, 5.41) is 31.6. The summed E-state index contributed by atoms with van der Waals surface area (Å²) in [6.45, 7) is 0. The van der Waals surface area contributed by atoms with Crippen LogP contribution in [0, 0.1) is 34.0 Å². The molecule has 0 aliphatic carbocycles. The second-order valence-electron chi connectivity index (χ2n) is 2.85. The minimum atomic E-state index is -0.329. The Balaban J connectivity index is 2.57. The van der Waals surface area contributed by atoms with Crippen LogP contribution in [0.15, 0.2) is 0 Å². The Kier molecular flexibility index (Phi) is 3.23. The molecule has 13 heavy (non-hydrogen) atoms. The Labute approximate surface area is 76.6 Å². The molecule has 2 unspecified atom stereocenters. The Morgan fingerprint density at radius 1 is 1.08 bits per heavy atom.